The fraction of sp³-hybridized carbons (Fsp3) is 0.417. The number of carboxylic acid groups (broad SMARTS) is 1. The molecule has 0 spiro atoms. The zero-order chi connectivity index (χ0) is 15.3. The third-order valence-corrected chi connectivity index (χ3v) is 4.22. The van der Waals surface area contributed by atoms with Crippen molar-refractivity contribution in [3.8, 4) is 5.75 Å². The summed E-state index contributed by atoms with van der Waals surface area (Å²) in [4.78, 5) is 10.9. The number of methoxy groups -OCH3 is 1. The highest BCUT2D eigenvalue weighted by Crippen LogP contribution is 2.22. The van der Waals surface area contributed by atoms with Gasteiger partial charge in [0.1, 0.15) is 11.3 Å². The summed E-state index contributed by atoms with van der Waals surface area (Å²) in [6.45, 7) is 1.46. The molecule has 1 rings (SSSR count). The molecule has 0 aliphatic heterocycles. The third kappa shape index (κ3) is 3.92. The van der Waals surface area contributed by atoms with E-state index in [1.165, 1.54) is 19.2 Å². The second-order valence-corrected chi connectivity index (χ2v) is 5.92. The van der Waals surface area contributed by atoms with Crippen molar-refractivity contribution >= 4 is 16.0 Å². The lowest BCUT2D eigenvalue weighted by molar-refractivity contribution is 0.0693. The molecule has 0 saturated carbocycles. The Morgan fingerprint density at radius 1 is 1.45 bits per heavy atom. The van der Waals surface area contributed by atoms with Gasteiger partial charge in [-0.25, -0.2) is 17.9 Å². The lowest BCUT2D eigenvalue weighted by Gasteiger charge is -2.14. The van der Waals surface area contributed by atoms with Crippen LogP contribution >= 0.6 is 0 Å². The summed E-state index contributed by atoms with van der Waals surface area (Å²) in [5, 5.41) is 17.8. The van der Waals surface area contributed by atoms with Gasteiger partial charge < -0.3 is 14.9 Å². The zero-order valence-corrected chi connectivity index (χ0v) is 12.0. The first-order valence-electron chi connectivity index (χ1n) is 5.86. The third-order valence-electron chi connectivity index (χ3n) is 2.63. The number of ether oxygens (including phenoxy) is 1. The van der Waals surface area contributed by atoms with Gasteiger partial charge in [0, 0.05) is 12.6 Å². The second kappa shape index (κ2) is 6.69. The molecule has 0 aliphatic rings. The number of sulfonamides is 1. The van der Waals surface area contributed by atoms with E-state index in [-0.39, 0.29) is 29.2 Å². The Labute approximate surface area is 117 Å². The number of aromatic carboxylic acids is 1. The summed E-state index contributed by atoms with van der Waals surface area (Å²) < 4.78 is 31.4. The molecule has 0 aliphatic carbocycles. The second-order valence-electron chi connectivity index (χ2n) is 4.20. The van der Waals surface area contributed by atoms with Crippen LogP contribution in [-0.2, 0) is 10.0 Å². The SMILES string of the molecule is COc1ccc(S(=O)(=O)NC(C)CCO)cc1C(=O)O. The highest BCUT2D eigenvalue weighted by atomic mass is 32.2. The predicted octanol–water partition coefficient (Wildman–Crippen LogP) is 0.443. The maximum Gasteiger partial charge on any atom is 0.339 e. The lowest BCUT2D eigenvalue weighted by atomic mass is 10.2. The Morgan fingerprint density at radius 3 is 2.60 bits per heavy atom. The number of nitrogens with one attached hydrogen (secondary N) is 1. The van der Waals surface area contributed by atoms with Gasteiger partial charge in [-0.2, -0.15) is 0 Å². The van der Waals surface area contributed by atoms with E-state index in [1.807, 2.05) is 0 Å². The van der Waals surface area contributed by atoms with Crippen LogP contribution in [0, 0.1) is 0 Å². The van der Waals surface area contributed by atoms with Crippen LogP contribution < -0.4 is 9.46 Å². The number of aliphatic hydroxyl groups is 1. The summed E-state index contributed by atoms with van der Waals surface area (Å²) in [5.41, 5.74) is -0.231. The van der Waals surface area contributed by atoms with Crippen molar-refractivity contribution in [2.75, 3.05) is 13.7 Å². The lowest BCUT2D eigenvalue weighted by Crippen LogP contribution is -2.33. The molecular formula is C12H17NO6S. The van der Waals surface area contributed by atoms with Gasteiger partial charge in [-0.3, -0.25) is 0 Å². The molecule has 0 saturated heterocycles. The molecule has 20 heavy (non-hydrogen) atoms. The average molecular weight is 303 g/mol. The fourth-order valence-electron chi connectivity index (χ4n) is 1.61. The van der Waals surface area contributed by atoms with E-state index in [1.54, 1.807) is 6.92 Å². The highest BCUT2D eigenvalue weighted by Gasteiger charge is 2.21. The molecule has 112 valence electrons. The van der Waals surface area contributed by atoms with Crippen molar-refractivity contribution < 1.29 is 28.2 Å². The van der Waals surface area contributed by atoms with Gasteiger partial charge in [0.15, 0.2) is 0 Å². The molecule has 0 heterocycles. The molecule has 8 heteroatoms. The van der Waals surface area contributed by atoms with Crippen LogP contribution in [0.15, 0.2) is 23.1 Å². The molecule has 1 aromatic rings. The smallest absolute Gasteiger partial charge is 0.339 e. The minimum atomic E-state index is -3.84. The van der Waals surface area contributed by atoms with Gasteiger partial charge >= 0.3 is 5.97 Å². The first-order chi connectivity index (χ1) is 9.31. The first kappa shape index (κ1) is 16.4. The van der Waals surface area contributed by atoms with Crippen molar-refractivity contribution in [1.29, 1.82) is 0 Å². The molecule has 0 bridgehead atoms. The predicted molar refractivity (Wildman–Crippen MR) is 71.4 cm³/mol. The maximum absolute atomic E-state index is 12.1. The normalized spacial score (nSPS) is 12.9. The number of carbonyl (C=O) groups is 1. The molecule has 1 atom stereocenters. The standard InChI is InChI=1S/C12H17NO6S/c1-8(5-6-14)13-20(17,18)9-3-4-11(19-2)10(7-9)12(15)16/h3-4,7-8,13-14H,5-6H2,1-2H3,(H,15,16). The van der Waals surface area contributed by atoms with Crippen LogP contribution in [0.4, 0.5) is 0 Å². The van der Waals surface area contributed by atoms with Gasteiger partial charge in [0.2, 0.25) is 10.0 Å². The first-order valence-corrected chi connectivity index (χ1v) is 7.34. The maximum atomic E-state index is 12.1. The van der Waals surface area contributed by atoms with Crippen molar-refractivity contribution in [1.82, 2.24) is 4.72 Å². The molecule has 7 nitrogen and oxygen atoms in total. The van der Waals surface area contributed by atoms with E-state index in [0.29, 0.717) is 0 Å². The summed E-state index contributed by atoms with van der Waals surface area (Å²) >= 11 is 0. The van der Waals surface area contributed by atoms with E-state index in [4.69, 9.17) is 14.9 Å². The monoisotopic (exact) mass is 303 g/mol. The Balaban J connectivity index is 3.13. The van der Waals surface area contributed by atoms with Crippen molar-refractivity contribution in [3.63, 3.8) is 0 Å². The Bertz CT molecular complexity index is 584. The summed E-state index contributed by atoms with van der Waals surface area (Å²) in [5.74, 6) is -1.19. The van der Waals surface area contributed by atoms with Gasteiger partial charge in [-0.15, -0.1) is 0 Å². The molecule has 3 N–H and O–H groups in total. The number of benzene rings is 1. The molecule has 0 amide bonds. The topological polar surface area (TPSA) is 113 Å². The zero-order valence-electron chi connectivity index (χ0n) is 11.2. The number of hydrogen-bond acceptors (Lipinski definition) is 5. The van der Waals surface area contributed by atoms with Gasteiger partial charge in [-0.05, 0) is 31.5 Å². The van der Waals surface area contributed by atoms with Crippen LogP contribution in [0.25, 0.3) is 0 Å². The fourth-order valence-corrected chi connectivity index (χ4v) is 2.91. The minimum Gasteiger partial charge on any atom is -0.496 e. The molecule has 0 fully saturated rings. The summed E-state index contributed by atoms with van der Waals surface area (Å²) in [7, 11) is -2.54. The van der Waals surface area contributed by atoms with E-state index in [9.17, 15) is 13.2 Å². The van der Waals surface area contributed by atoms with Crippen LogP contribution in [0.5, 0.6) is 5.75 Å². The van der Waals surface area contributed by atoms with E-state index < -0.39 is 22.0 Å². The number of hydrogen-bond donors (Lipinski definition) is 3. The van der Waals surface area contributed by atoms with Crippen LogP contribution in [0.1, 0.15) is 23.7 Å². The quantitative estimate of drug-likeness (QED) is 0.674. The van der Waals surface area contributed by atoms with Gasteiger partial charge in [0.05, 0.1) is 12.0 Å². The van der Waals surface area contributed by atoms with E-state index in [0.717, 1.165) is 6.07 Å². The number of aliphatic hydroxyl groups excluding tert-OH is 1. The Morgan fingerprint density at radius 2 is 2.10 bits per heavy atom. The molecule has 1 unspecified atom stereocenters. The van der Waals surface area contributed by atoms with E-state index >= 15 is 0 Å². The summed E-state index contributed by atoms with van der Waals surface area (Å²) in [6.07, 6.45) is 0.265. The van der Waals surface area contributed by atoms with Gasteiger partial charge in [0.25, 0.3) is 0 Å². The Kier molecular flexibility index (Phi) is 5.49. The van der Waals surface area contributed by atoms with Crippen LogP contribution in [-0.4, -0.2) is 44.4 Å². The van der Waals surface area contributed by atoms with Crippen LogP contribution in [0.2, 0.25) is 0 Å². The molecule has 0 radical (unpaired) electrons. The van der Waals surface area contributed by atoms with Crippen LogP contribution in [0.3, 0.4) is 0 Å². The molecule has 0 aromatic heterocycles. The summed E-state index contributed by atoms with van der Waals surface area (Å²) in [6, 6.07) is 3.13. The van der Waals surface area contributed by atoms with Gasteiger partial charge in [-0.1, -0.05) is 0 Å². The Hall–Kier alpha value is -1.64. The van der Waals surface area contributed by atoms with Crippen molar-refractivity contribution in [2.24, 2.45) is 0 Å². The van der Waals surface area contributed by atoms with Crippen molar-refractivity contribution in [3.05, 3.63) is 23.8 Å². The minimum absolute atomic E-state index is 0.0832. The number of rotatable bonds is 7. The average Bonchev–Trinajstić information content (AvgIpc) is 2.37. The molecular weight excluding hydrogens is 286 g/mol. The van der Waals surface area contributed by atoms with Crippen molar-refractivity contribution in [2.45, 2.75) is 24.3 Å². The highest BCUT2D eigenvalue weighted by molar-refractivity contribution is 7.89. The van der Waals surface area contributed by atoms with E-state index in [2.05, 4.69) is 4.72 Å². The number of carboxylic acids is 1. The molecule has 1 aromatic carbocycles. The largest absolute Gasteiger partial charge is 0.496 e.